The van der Waals surface area contributed by atoms with Gasteiger partial charge in [0.2, 0.25) is 0 Å². The average molecular weight is 323 g/mol. The Balaban J connectivity index is 1.45. The number of anilines is 1. The third kappa shape index (κ3) is 3.25. The molecule has 124 valence electrons. The first-order chi connectivity index (χ1) is 11.9. The van der Waals surface area contributed by atoms with Crippen molar-refractivity contribution in [2.75, 3.05) is 44.7 Å². The highest BCUT2D eigenvalue weighted by Crippen LogP contribution is 2.26. The Kier molecular flexibility index (Phi) is 4.40. The van der Waals surface area contributed by atoms with Crippen LogP contribution in [0.4, 0.5) is 5.82 Å². The zero-order valence-corrected chi connectivity index (χ0v) is 13.5. The van der Waals surface area contributed by atoms with Crippen molar-refractivity contribution in [1.82, 2.24) is 20.1 Å². The van der Waals surface area contributed by atoms with Crippen LogP contribution in [0, 0.1) is 0 Å². The van der Waals surface area contributed by atoms with Gasteiger partial charge in [0, 0.05) is 43.3 Å². The van der Waals surface area contributed by atoms with Crippen molar-refractivity contribution < 1.29 is 4.74 Å². The highest BCUT2D eigenvalue weighted by molar-refractivity contribution is 5.93. The molecule has 0 amide bonds. The van der Waals surface area contributed by atoms with Crippen molar-refractivity contribution >= 4 is 16.7 Å². The topological polar surface area (TPSA) is 66.1 Å². The summed E-state index contributed by atoms with van der Waals surface area (Å²) in [6.07, 6.45) is 1.83. The van der Waals surface area contributed by atoms with Gasteiger partial charge in [-0.15, -0.1) is 0 Å². The van der Waals surface area contributed by atoms with E-state index < -0.39 is 0 Å². The van der Waals surface area contributed by atoms with E-state index in [1.165, 1.54) is 0 Å². The molecule has 24 heavy (non-hydrogen) atoms. The van der Waals surface area contributed by atoms with Crippen LogP contribution in [-0.4, -0.2) is 59.5 Å². The SMILES string of the molecule is c1ccc2c(-c3ccnc(NCCN4CCOCC4)c3)n[nH]c2c1. The van der Waals surface area contributed by atoms with E-state index in [0.717, 1.165) is 67.4 Å². The third-order valence-electron chi connectivity index (χ3n) is 4.34. The van der Waals surface area contributed by atoms with Gasteiger partial charge in [-0.3, -0.25) is 10.00 Å². The number of H-pyrrole nitrogens is 1. The fraction of sp³-hybridized carbons (Fsp3) is 0.333. The van der Waals surface area contributed by atoms with Crippen LogP contribution >= 0.6 is 0 Å². The first-order valence-electron chi connectivity index (χ1n) is 8.34. The number of nitrogens with one attached hydrogen (secondary N) is 2. The van der Waals surface area contributed by atoms with E-state index >= 15 is 0 Å². The number of hydrogen-bond donors (Lipinski definition) is 2. The number of ether oxygens (including phenoxy) is 1. The number of para-hydroxylation sites is 1. The van der Waals surface area contributed by atoms with Crippen molar-refractivity contribution in [3.63, 3.8) is 0 Å². The highest BCUT2D eigenvalue weighted by Gasteiger charge is 2.10. The fourth-order valence-electron chi connectivity index (χ4n) is 3.02. The van der Waals surface area contributed by atoms with Crippen LogP contribution in [-0.2, 0) is 4.74 Å². The molecule has 1 aromatic carbocycles. The number of aromatic amines is 1. The molecule has 6 nitrogen and oxygen atoms in total. The lowest BCUT2D eigenvalue weighted by Crippen LogP contribution is -2.39. The number of hydrogen-bond acceptors (Lipinski definition) is 5. The van der Waals surface area contributed by atoms with Crippen LogP contribution in [0.15, 0.2) is 42.6 Å². The van der Waals surface area contributed by atoms with E-state index in [1.54, 1.807) is 0 Å². The van der Waals surface area contributed by atoms with Crippen molar-refractivity contribution in [1.29, 1.82) is 0 Å². The molecular formula is C18H21N5O. The lowest BCUT2D eigenvalue weighted by molar-refractivity contribution is 0.0398. The van der Waals surface area contributed by atoms with Gasteiger partial charge in [-0.1, -0.05) is 18.2 Å². The van der Waals surface area contributed by atoms with Crippen LogP contribution in [0.3, 0.4) is 0 Å². The summed E-state index contributed by atoms with van der Waals surface area (Å²) in [5, 5.41) is 12.1. The van der Waals surface area contributed by atoms with E-state index in [9.17, 15) is 0 Å². The molecule has 1 saturated heterocycles. The van der Waals surface area contributed by atoms with E-state index in [1.807, 2.05) is 30.5 Å². The molecular weight excluding hydrogens is 302 g/mol. The Morgan fingerprint density at radius 2 is 2.04 bits per heavy atom. The molecule has 3 aromatic rings. The molecule has 0 unspecified atom stereocenters. The molecule has 2 N–H and O–H groups in total. The minimum absolute atomic E-state index is 0.833. The van der Waals surface area contributed by atoms with Crippen LogP contribution < -0.4 is 5.32 Å². The highest BCUT2D eigenvalue weighted by atomic mass is 16.5. The molecule has 4 rings (SSSR count). The van der Waals surface area contributed by atoms with Crippen LogP contribution in [0.1, 0.15) is 0 Å². The fourth-order valence-corrected chi connectivity index (χ4v) is 3.02. The van der Waals surface area contributed by atoms with Crippen molar-refractivity contribution in [3.8, 4) is 11.3 Å². The van der Waals surface area contributed by atoms with E-state index in [0.29, 0.717) is 0 Å². The Morgan fingerprint density at radius 3 is 2.96 bits per heavy atom. The molecule has 1 aliphatic rings. The molecule has 6 heteroatoms. The molecule has 2 aromatic heterocycles. The maximum Gasteiger partial charge on any atom is 0.126 e. The molecule has 1 fully saturated rings. The lowest BCUT2D eigenvalue weighted by atomic mass is 10.1. The summed E-state index contributed by atoms with van der Waals surface area (Å²) >= 11 is 0. The second kappa shape index (κ2) is 6.98. The van der Waals surface area contributed by atoms with Gasteiger partial charge in [0.05, 0.1) is 18.7 Å². The average Bonchev–Trinajstić information content (AvgIpc) is 3.07. The van der Waals surface area contributed by atoms with Gasteiger partial charge < -0.3 is 10.1 Å². The second-order valence-electron chi connectivity index (χ2n) is 5.93. The maximum absolute atomic E-state index is 5.37. The molecule has 1 aliphatic heterocycles. The first kappa shape index (κ1) is 15.1. The second-order valence-corrected chi connectivity index (χ2v) is 5.93. The molecule has 0 bridgehead atoms. The predicted octanol–water partition coefficient (Wildman–Crippen LogP) is 2.37. The Bertz CT molecular complexity index is 810. The molecule has 0 spiro atoms. The van der Waals surface area contributed by atoms with E-state index in [-0.39, 0.29) is 0 Å². The van der Waals surface area contributed by atoms with Crippen molar-refractivity contribution in [3.05, 3.63) is 42.6 Å². The van der Waals surface area contributed by atoms with Crippen LogP contribution in [0.5, 0.6) is 0 Å². The zero-order chi connectivity index (χ0) is 16.2. The molecule has 0 atom stereocenters. The quantitative estimate of drug-likeness (QED) is 0.754. The van der Waals surface area contributed by atoms with Gasteiger partial charge in [-0.25, -0.2) is 4.98 Å². The standard InChI is InChI=1S/C18H21N5O/c1-2-4-16-15(3-1)18(22-21-16)14-5-6-19-17(13-14)20-7-8-23-9-11-24-12-10-23/h1-6,13H,7-12H2,(H,19,20)(H,21,22). The number of nitrogens with zero attached hydrogens (tertiary/aromatic N) is 3. The third-order valence-corrected chi connectivity index (χ3v) is 4.34. The van der Waals surface area contributed by atoms with Crippen molar-refractivity contribution in [2.45, 2.75) is 0 Å². The lowest BCUT2D eigenvalue weighted by Gasteiger charge is -2.26. The number of rotatable bonds is 5. The van der Waals surface area contributed by atoms with Gasteiger partial charge in [0.25, 0.3) is 0 Å². The number of pyridine rings is 1. The Labute approximate surface area is 140 Å². The van der Waals surface area contributed by atoms with Crippen LogP contribution in [0.25, 0.3) is 22.2 Å². The van der Waals surface area contributed by atoms with E-state index in [4.69, 9.17) is 4.74 Å². The first-order valence-corrected chi connectivity index (χ1v) is 8.34. The number of fused-ring (bicyclic) bond motifs is 1. The summed E-state index contributed by atoms with van der Waals surface area (Å²) in [6.45, 7) is 5.56. The smallest absolute Gasteiger partial charge is 0.126 e. The normalized spacial score (nSPS) is 15.7. The summed E-state index contributed by atoms with van der Waals surface area (Å²) in [7, 11) is 0. The molecule has 0 saturated carbocycles. The van der Waals surface area contributed by atoms with Gasteiger partial charge in [-0.05, 0) is 18.2 Å². The summed E-state index contributed by atoms with van der Waals surface area (Å²) in [4.78, 5) is 6.82. The monoisotopic (exact) mass is 323 g/mol. The Morgan fingerprint density at radius 1 is 1.17 bits per heavy atom. The summed E-state index contributed by atoms with van der Waals surface area (Å²) in [6, 6.07) is 12.2. The number of aromatic nitrogens is 3. The van der Waals surface area contributed by atoms with Gasteiger partial charge >= 0.3 is 0 Å². The molecule has 0 aliphatic carbocycles. The molecule has 0 radical (unpaired) electrons. The minimum Gasteiger partial charge on any atom is -0.379 e. The summed E-state index contributed by atoms with van der Waals surface area (Å²) in [5.41, 5.74) is 3.08. The predicted molar refractivity (Wildman–Crippen MR) is 95.1 cm³/mol. The number of benzene rings is 1. The largest absolute Gasteiger partial charge is 0.379 e. The Hall–Kier alpha value is -2.44. The van der Waals surface area contributed by atoms with Crippen LogP contribution in [0.2, 0.25) is 0 Å². The van der Waals surface area contributed by atoms with E-state index in [2.05, 4.69) is 37.5 Å². The summed E-state index contributed by atoms with van der Waals surface area (Å²) < 4.78 is 5.37. The minimum atomic E-state index is 0.833. The van der Waals surface area contributed by atoms with Crippen molar-refractivity contribution in [2.24, 2.45) is 0 Å². The van der Waals surface area contributed by atoms with Gasteiger partial charge in [-0.2, -0.15) is 5.10 Å². The van der Waals surface area contributed by atoms with Gasteiger partial charge in [0.1, 0.15) is 11.5 Å². The van der Waals surface area contributed by atoms with Gasteiger partial charge in [0.15, 0.2) is 0 Å². The molecule has 3 heterocycles. The summed E-state index contributed by atoms with van der Waals surface area (Å²) in [5.74, 6) is 0.882. The maximum atomic E-state index is 5.37. The zero-order valence-electron chi connectivity index (χ0n) is 13.5. The number of morpholine rings is 1.